The first-order chi connectivity index (χ1) is 9.08. The summed E-state index contributed by atoms with van der Waals surface area (Å²) in [5.41, 5.74) is 3.26. The maximum Gasteiger partial charge on any atom is 0.311 e. The molecule has 0 spiro atoms. The number of aryl methyl sites for hydroxylation is 1. The number of Topliss-reactive ketones (excluding diaryl/α,β-unsaturated/α-hetero) is 1. The highest BCUT2D eigenvalue weighted by Crippen LogP contribution is 2.23. The summed E-state index contributed by atoms with van der Waals surface area (Å²) < 4.78 is 0. The van der Waals surface area contributed by atoms with E-state index in [1.165, 1.54) is 0 Å². The Kier molecular flexibility index (Phi) is 3.71. The molecule has 0 aliphatic carbocycles. The third-order valence-electron chi connectivity index (χ3n) is 2.85. The Morgan fingerprint density at radius 2 is 2.05 bits per heavy atom. The van der Waals surface area contributed by atoms with Crippen LogP contribution in [0.25, 0.3) is 11.1 Å². The zero-order chi connectivity index (χ0) is 13.8. The largest absolute Gasteiger partial charge is 0.481 e. The lowest BCUT2D eigenvalue weighted by molar-refractivity contribution is -0.135. The first-order valence-corrected chi connectivity index (χ1v) is 5.84. The molecule has 0 fully saturated rings. The van der Waals surface area contributed by atoms with Gasteiger partial charge in [0.2, 0.25) is 0 Å². The van der Waals surface area contributed by atoms with Crippen LogP contribution in [0.4, 0.5) is 0 Å². The maximum atomic E-state index is 11.7. The van der Waals surface area contributed by atoms with Crippen LogP contribution in [0.2, 0.25) is 0 Å². The molecule has 19 heavy (non-hydrogen) atoms. The second-order valence-electron chi connectivity index (χ2n) is 4.27. The molecule has 1 heterocycles. The van der Waals surface area contributed by atoms with Crippen LogP contribution in [-0.4, -0.2) is 21.8 Å². The third kappa shape index (κ3) is 3.04. The van der Waals surface area contributed by atoms with Crippen molar-refractivity contribution in [1.82, 2.24) is 4.98 Å². The van der Waals surface area contributed by atoms with Gasteiger partial charge in [-0.25, -0.2) is 0 Å². The number of nitrogens with zero attached hydrogens (tertiary/aromatic N) is 1. The summed E-state index contributed by atoms with van der Waals surface area (Å²) in [6.45, 7) is 1.96. The molecule has 0 saturated heterocycles. The van der Waals surface area contributed by atoms with Crippen LogP contribution in [-0.2, 0) is 4.79 Å². The number of hydrogen-bond donors (Lipinski definition) is 1. The van der Waals surface area contributed by atoms with E-state index in [2.05, 4.69) is 4.98 Å². The number of carboxylic acids is 1. The Balaban J connectivity index is 2.37. The van der Waals surface area contributed by atoms with E-state index in [9.17, 15) is 9.59 Å². The average Bonchev–Trinajstić information content (AvgIpc) is 2.38. The Morgan fingerprint density at radius 1 is 1.26 bits per heavy atom. The van der Waals surface area contributed by atoms with Crippen molar-refractivity contribution in [2.45, 2.75) is 13.3 Å². The van der Waals surface area contributed by atoms with Gasteiger partial charge in [-0.2, -0.15) is 0 Å². The molecule has 1 N–H and O–H groups in total. The monoisotopic (exact) mass is 255 g/mol. The van der Waals surface area contributed by atoms with Gasteiger partial charge in [0.15, 0.2) is 5.78 Å². The number of ketones is 1. The van der Waals surface area contributed by atoms with E-state index in [4.69, 9.17) is 5.11 Å². The molecule has 0 unspecified atom stereocenters. The Hall–Kier alpha value is -2.49. The van der Waals surface area contributed by atoms with Crippen molar-refractivity contribution in [2.75, 3.05) is 0 Å². The van der Waals surface area contributed by atoms with Gasteiger partial charge in [0.05, 0.1) is 0 Å². The van der Waals surface area contributed by atoms with Crippen LogP contribution in [0, 0.1) is 6.92 Å². The van der Waals surface area contributed by atoms with E-state index >= 15 is 0 Å². The fourth-order valence-electron chi connectivity index (χ4n) is 1.87. The standard InChI is InChI=1S/C15H13NO3/c1-10-5-6-16-9-13(10)11-3-2-4-12(7-11)14(17)8-15(18)19/h2-7,9H,8H2,1H3,(H,18,19). The smallest absolute Gasteiger partial charge is 0.311 e. The number of carbonyl (C=O) groups excluding carboxylic acids is 1. The molecule has 96 valence electrons. The van der Waals surface area contributed by atoms with Gasteiger partial charge in [0.25, 0.3) is 0 Å². The summed E-state index contributed by atoms with van der Waals surface area (Å²) in [4.78, 5) is 26.4. The number of pyridine rings is 1. The van der Waals surface area contributed by atoms with Crippen molar-refractivity contribution in [1.29, 1.82) is 0 Å². The van der Waals surface area contributed by atoms with E-state index in [0.717, 1.165) is 16.7 Å². The van der Waals surface area contributed by atoms with Crippen molar-refractivity contribution in [3.63, 3.8) is 0 Å². The van der Waals surface area contributed by atoms with E-state index in [0.29, 0.717) is 5.56 Å². The van der Waals surface area contributed by atoms with Gasteiger partial charge in [-0.15, -0.1) is 0 Å². The zero-order valence-corrected chi connectivity index (χ0v) is 10.5. The lowest BCUT2D eigenvalue weighted by Gasteiger charge is -2.06. The van der Waals surface area contributed by atoms with Gasteiger partial charge in [0.1, 0.15) is 6.42 Å². The van der Waals surface area contributed by atoms with Crippen molar-refractivity contribution in [3.8, 4) is 11.1 Å². The molecule has 4 heteroatoms. The Morgan fingerprint density at radius 3 is 2.74 bits per heavy atom. The molecule has 0 saturated carbocycles. The van der Waals surface area contributed by atoms with Gasteiger partial charge in [-0.3, -0.25) is 14.6 Å². The number of rotatable bonds is 4. The van der Waals surface area contributed by atoms with Crippen molar-refractivity contribution < 1.29 is 14.7 Å². The molecule has 2 aromatic rings. The van der Waals surface area contributed by atoms with Crippen molar-refractivity contribution in [2.24, 2.45) is 0 Å². The summed E-state index contributed by atoms with van der Waals surface area (Å²) in [7, 11) is 0. The lowest BCUT2D eigenvalue weighted by atomic mass is 9.99. The second kappa shape index (κ2) is 5.44. The minimum absolute atomic E-state index is 0.393. The number of carboxylic acid groups (broad SMARTS) is 1. The van der Waals surface area contributed by atoms with Crippen LogP contribution >= 0.6 is 0 Å². The Bertz CT molecular complexity index is 635. The van der Waals surface area contributed by atoms with Crippen LogP contribution in [0.15, 0.2) is 42.7 Å². The number of hydrogen-bond acceptors (Lipinski definition) is 3. The number of aliphatic carboxylic acids is 1. The zero-order valence-electron chi connectivity index (χ0n) is 10.5. The molecule has 0 atom stereocenters. The summed E-state index contributed by atoms with van der Waals surface area (Å²) in [6, 6.07) is 8.84. The molecule has 0 amide bonds. The van der Waals surface area contributed by atoms with Gasteiger partial charge < -0.3 is 5.11 Å². The fourth-order valence-corrected chi connectivity index (χ4v) is 1.87. The van der Waals surface area contributed by atoms with E-state index in [-0.39, 0.29) is 0 Å². The van der Waals surface area contributed by atoms with Gasteiger partial charge in [-0.05, 0) is 30.2 Å². The van der Waals surface area contributed by atoms with Gasteiger partial charge >= 0.3 is 5.97 Å². The molecule has 0 radical (unpaired) electrons. The van der Waals surface area contributed by atoms with Crippen LogP contribution in [0.3, 0.4) is 0 Å². The van der Waals surface area contributed by atoms with Gasteiger partial charge in [-0.1, -0.05) is 18.2 Å². The quantitative estimate of drug-likeness (QED) is 0.673. The first kappa shape index (κ1) is 13.0. The molecule has 0 aliphatic rings. The normalized spacial score (nSPS) is 10.2. The van der Waals surface area contributed by atoms with Crippen LogP contribution in [0.5, 0.6) is 0 Å². The highest BCUT2D eigenvalue weighted by Gasteiger charge is 2.11. The SMILES string of the molecule is Cc1ccncc1-c1cccc(C(=O)CC(=O)O)c1. The second-order valence-corrected chi connectivity index (χ2v) is 4.27. The minimum atomic E-state index is -1.12. The van der Waals surface area contributed by atoms with E-state index in [1.807, 2.05) is 19.1 Å². The third-order valence-corrected chi connectivity index (χ3v) is 2.85. The van der Waals surface area contributed by atoms with Crippen LogP contribution in [0.1, 0.15) is 22.3 Å². The predicted molar refractivity (Wildman–Crippen MR) is 71.0 cm³/mol. The molecule has 0 aliphatic heterocycles. The molecule has 1 aromatic carbocycles. The van der Waals surface area contributed by atoms with Crippen molar-refractivity contribution in [3.05, 3.63) is 53.9 Å². The first-order valence-electron chi connectivity index (χ1n) is 5.84. The highest BCUT2D eigenvalue weighted by molar-refractivity contribution is 6.06. The topological polar surface area (TPSA) is 67.3 Å². The molecular formula is C15H13NO3. The fraction of sp³-hybridized carbons (Fsp3) is 0.133. The molecular weight excluding hydrogens is 242 g/mol. The number of aromatic nitrogens is 1. The number of carbonyl (C=O) groups is 2. The average molecular weight is 255 g/mol. The predicted octanol–water partition coefficient (Wildman–Crippen LogP) is 2.71. The summed E-state index contributed by atoms with van der Waals surface area (Å²) in [5, 5.41) is 8.64. The molecule has 4 nitrogen and oxygen atoms in total. The summed E-state index contributed by atoms with van der Waals surface area (Å²) in [6.07, 6.45) is 2.95. The molecule has 0 bridgehead atoms. The van der Waals surface area contributed by atoms with Gasteiger partial charge in [0, 0.05) is 23.5 Å². The minimum Gasteiger partial charge on any atom is -0.481 e. The molecule has 1 aromatic heterocycles. The maximum absolute atomic E-state index is 11.7. The summed E-state index contributed by atoms with van der Waals surface area (Å²) in [5.74, 6) is -1.51. The van der Waals surface area contributed by atoms with E-state index < -0.39 is 18.2 Å². The number of benzene rings is 1. The molecule has 2 rings (SSSR count). The Labute approximate surface area is 110 Å². The van der Waals surface area contributed by atoms with Crippen molar-refractivity contribution >= 4 is 11.8 Å². The highest BCUT2D eigenvalue weighted by atomic mass is 16.4. The summed E-state index contributed by atoms with van der Waals surface area (Å²) >= 11 is 0. The van der Waals surface area contributed by atoms with Crippen LogP contribution < -0.4 is 0 Å². The van der Waals surface area contributed by atoms with E-state index in [1.54, 1.807) is 30.6 Å². The lowest BCUT2D eigenvalue weighted by Crippen LogP contribution is -2.06.